The molecule has 0 aliphatic heterocycles. The number of nitrogens with one attached hydrogen (secondary N) is 1. The number of hydrogen-bond donors (Lipinski definition) is 1. The smallest absolute Gasteiger partial charge is 0.0888 e. The van der Waals surface area contributed by atoms with E-state index in [1.165, 1.54) is 0 Å². The average Bonchev–Trinajstić information content (AvgIpc) is 2.63. The monoisotopic (exact) mass is 427 g/mol. The van der Waals surface area contributed by atoms with Crippen LogP contribution in [0, 0.1) is 0 Å². The van der Waals surface area contributed by atoms with Crippen LogP contribution >= 0.6 is 66.4 Å². The molecule has 6 heteroatoms. The Morgan fingerprint density at radius 2 is 1.89 bits per heavy atom. The first-order chi connectivity index (χ1) is 8.52. The van der Waals surface area contributed by atoms with Gasteiger partial charge in [-0.1, -0.05) is 45.2 Å². The van der Waals surface area contributed by atoms with E-state index in [0.717, 1.165) is 28.7 Å². The topological polar surface area (TPSA) is 12.0 Å². The van der Waals surface area contributed by atoms with Crippen LogP contribution in [0.2, 0.25) is 10.0 Å². The van der Waals surface area contributed by atoms with E-state index < -0.39 is 0 Å². The molecule has 18 heavy (non-hydrogen) atoms. The van der Waals surface area contributed by atoms with E-state index in [-0.39, 0.29) is 6.04 Å². The van der Waals surface area contributed by atoms with E-state index in [1.807, 2.05) is 31.3 Å². The molecule has 0 aliphatic carbocycles. The lowest BCUT2D eigenvalue weighted by atomic mass is 10.1. The molecular weight excluding hydrogens is 421 g/mol. The molecular formula is C12H9Br2Cl2NS. The van der Waals surface area contributed by atoms with Crippen LogP contribution in [0.25, 0.3) is 0 Å². The van der Waals surface area contributed by atoms with Crippen LogP contribution in [0.4, 0.5) is 0 Å². The zero-order valence-electron chi connectivity index (χ0n) is 9.31. The van der Waals surface area contributed by atoms with Gasteiger partial charge in [-0.15, -0.1) is 11.3 Å². The normalized spacial score (nSPS) is 12.7. The molecule has 0 fully saturated rings. The van der Waals surface area contributed by atoms with E-state index in [2.05, 4.69) is 37.2 Å². The van der Waals surface area contributed by atoms with Crippen molar-refractivity contribution in [2.24, 2.45) is 0 Å². The SMILES string of the molecule is CNC(c1cc(Cl)c(Br)s1)c1ccc(Br)cc1Cl. The van der Waals surface area contributed by atoms with Gasteiger partial charge in [-0.25, -0.2) is 0 Å². The van der Waals surface area contributed by atoms with Gasteiger partial charge in [0.15, 0.2) is 0 Å². The summed E-state index contributed by atoms with van der Waals surface area (Å²) in [5, 5.41) is 4.72. The highest BCUT2D eigenvalue weighted by molar-refractivity contribution is 9.11. The van der Waals surface area contributed by atoms with Crippen LogP contribution < -0.4 is 5.32 Å². The second-order valence-electron chi connectivity index (χ2n) is 3.66. The number of thiophene rings is 1. The summed E-state index contributed by atoms with van der Waals surface area (Å²) in [6.07, 6.45) is 0. The average molecular weight is 430 g/mol. The fraction of sp³-hybridized carbons (Fsp3) is 0.167. The lowest BCUT2D eigenvalue weighted by Gasteiger charge is -2.16. The van der Waals surface area contributed by atoms with Crippen molar-refractivity contribution < 1.29 is 0 Å². The van der Waals surface area contributed by atoms with Gasteiger partial charge in [-0.05, 0) is 46.7 Å². The first-order valence-corrected chi connectivity index (χ1v) is 8.25. The molecule has 96 valence electrons. The molecule has 1 nitrogen and oxygen atoms in total. The molecule has 0 amide bonds. The third kappa shape index (κ3) is 3.11. The molecule has 0 radical (unpaired) electrons. The molecule has 1 aromatic carbocycles. The lowest BCUT2D eigenvalue weighted by molar-refractivity contribution is 0.704. The minimum atomic E-state index is 0.0411. The van der Waals surface area contributed by atoms with Crippen molar-refractivity contribution >= 4 is 66.4 Å². The molecule has 1 N–H and O–H groups in total. The third-order valence-electron chi connectivity index (χ3n) is 2.51. The van der Waals surface area contributed by atoms with Crippen molar-refractivity contribution in [3.05, 3.63) is 53.0 Å². The van der Waals surface area contributed by atoms with Crippen molar-refractivity contribution in [2.75, 3.05) is 7.05 Å². The Morgan fingerprint density at radius 3 is 2.39 bits per heavy atom. The molecule has 0 spiro atoms. The Morgan fingerprint density at radius 1 is 1.17 bits per heavy atom. The van der Waals surface area contributed by atoms with Crippen LogP contribution in [0.15, 0.2) is 32.5 Å². The highest BCUT2D eigenvalue weighted by Gasteiger charge is 2.18. The minimum Gasteiger partial charge on any atom is -0.309 e. The predicted octanol–water partition coefficient (Wildman–Crippen LogP) is 5.89. The van der Waals surface area contributed by atoms with Gasteiger partial charge in [-0.2, -0.15) is 0 Å². The first kappa shape index (κ1) is 14.8. The highest BCUT2D eigenvalue weighted by Crippen LogP contribution is 2.39. The lowest BCUT2D eigenvalue weighted by Crippen LogP contribution is -2.16. The molecule has 0 bridgehead atoms. The first-order valence-electron chi connectivity index (χ1n) is 5.10. The summed E-state index contributed by atoms with van der Waals surface area (Å²) in [6.45, 7) is 0. The fourth-order valence-corrected chi connectivity index (χ4v) is 4.35. The van der Waals surface area contributed by atoms with Crippen LogP contribution in [-0.4, -0.2) is 7.05 Å². The van der Waals surface area contributed by atoms with Gasteiger partial charge in [0.25, 0.3) is 0 Å². The maximum absolute atomic E-state index is 6.29. The van der Waals surface area contributed by atoms with Gasteiger partial charge < -0.3 is 5.32 Å². The number of rotatable bonds is 3. The van der Waals surface area contributed by atoms with Crippen LogP contribution in [0.3, 0.4) is 0 Å². The highest BCUT2D eigenvalue weighted by atomic mass is 79.9. The molecule has 1 aromatic heterocycles. The van der Waals surface area contributed by atoms with Gasteiger partial charge in [-0.3, -0.25) is 0 Å². The Hall–Kier alpha value is 0.420. The van der Waals surface area contributed by atoms with Crippen molar-refractivity contribution in [1.29, 1.82) is 0 Å². The Balaban J connectivity index is 2.45. The van der Waals surface area contributed by atoms with E-state index in [9.17, 15) is 0 Å². The predicted molar refractivity (Wildman–Crippen MR) is 87.1 cm³/mol. The maximum atomic E-state index is 6.29. The summed E-state index contributed by atoms with van der Waals surface area (Å²) in [5.74, 6) is 0. The van der Waals surface area contributed by atoms with Gasteiger partial charge in [0.05, 0.1) is 14.9 Å². The molecule has 2 aromatic rings. The van der Waals surface area contributed by atoms with E-state index in [0.29, 0.717) is 0 Å². The van der Waals surface area contributed by atoms with Gasteiger partial charge in [0.1, 0.15) is 0 Å². The van der Waals surface area contributed by atoms with Crippen LogP contribution in [-0.2, 0) is 0 Å². The zero-order valence-corrected chi connectivity index (χ0v) is 14.8. The summed E-state index contributed by atoms with van der Waals surface area (Å²) in [5.41, 5.74) is 1.03. The van der Waals surface area contributed by atoms with Crippen molar-refractivity contribution in [3.63, 3.8) is 0 Å². The summed E-state index contributed by atoms with van der Waals surface area (Å²) >= 11 is 20.8. The number of hydrogen-bond acceptors (Lipinski definition) is 2. The Bertz CT molecular complexity index is 552. The second kappa shape index (κ2) is 6.25. The van der Waals surface area contributed by atoms with Crippen molar-refractivity contribution in [1.82, 2.24) is 5.32 Å². The van der Waals surface area contributed by atoms with Gasteiger partial charge in [0.2, 0.25) is 0 Å². The van der Waals surface area contributed by atoms with Crippen molar-refractivity contribution in [2.45, 2.75) is 6.04 Å². The summed E-state index contributed by atoms with van der Waals surface area (Å²) < 4.78 is 1.91. The van der Waals surface area contributed by atoms with Gasteiger partial charge >= 0.3 is 0 Å². The third-order valence-corrected chi connectivity index (χ3v) is 5.87. The zero-order chi connectivity index (χ0) is 13.3. The van der Waals surface area contributed by atoms with Crippen LogP contribution in [0.1, 0.15) is 16.5 Å². The van der Waals surface area contributed by atoms with E-state index >= 15 is 0 Å². The second-order valence-corrected chi connectivity index (χ2v) is 7.79. The standard InChI is InChI=1S/C12H9Br2Cl2NS/c1-17-11(10-5-9(16)12(14)18-10)7-3-2-6(13)4-8(7)15/h2-5,11,17H,1H3. The van der Waals surface area contributed by atoms with Gasteiger partial charge in [0, 0.05) is 14.4 Å². The maximum Gasteiger partial charge on any atom is 0.0888 e. The number of benzene rings is 1. The van der Waals surface area contributed by atoms with Crippen molar-refractivity contribution in [3.8, 4) is 0 Å². The molecule has 2 rings (SSSR count). The summed E-state index contributed by atoms with van der Waals surface area (Å²) in [4.78, 5) is 1.12. The summed E-state index contributed by atoms with van der Waals surface area (Å²) in [6, 6.07) is 7.88. The van der Waals surface area contributed by atoms with Crippen LogP contribution in [0.5, 0.6) is 0 Å². The van der Waals surface area contributed by atoms with E-state index in [1.54, 1.807) is 11.3 Å². The van der Waals surface area contributed by atoms with E-state index in [4.69, 9.17) is 23.2 Å². The fourth-order valence-electron chi connectivity index (χ4n) is 1.69. The summed E-state index contributed by atoms with van der Waals surface area (Å²) in [7, 11) is 1.91. The minimum absolute atomic E-state index is 0.0411. The number of halogens is 4. The molecule has 0 saturated heterocycles. The molecule has 0 aliphatic rings. The quantitative estimate of drug-likeness (QED) is 0.641. The molecule has 1 atom stereocenters. The Kier molecular flexibility index (Phi) is 5.14. The molecule has 1 heterocycles. The largest absolute Gasteiger partial charge is 0.309 e. The Labute approximate surface area is 137 Å². The molecule has 1 unspecified atom stereocenters. The molecule has 0 saturated carbocycles.